The highest BCUT2D eigenvalue weighted by atomic mass is 35.5. The molecule has 0 radical (unpaired) electrons. The Morgan fingerprint density at radius 3 is 2.41 bits per heavy atom. The van der Waals surface area contributed by atoms with Crippen LogP contribution >= 0.6 is 11.6 Å². The molecule has 1 unspecified atom stereocenters. The third-order valence-electron chi connectivity index (χ3n) is 6.68. The number of benzene rings is 3. The monoisotopic (exact) mass is 515 g/mol. The fourth-order valence-corrected chi connectivity index (χ4v) is 4.83. The maximum atomic E-state index is 13.8. The van der Waals surface area contributed by atoms with E-state index in [0.717, 1.165) is 16.7 Å². The Hall–Kier alpha value is -4.03. The van der Waals surface area contributed by atoms with Gasteiger partial charge in [-0.15, -0.1) is 0 Å². The molecule has 0 bridgehead atoms. The van der Waals surface area contributed by atoms with E-state index in [2.05, 4.69) is 13.8 Å². The van der Waals surface area contributed by atoms with Gasteiger partial charge in [-0.3, -0.25) is 9.59 Å². The number of hydrogen-bond acceptors (Lipinski definition) is 5. The lowest BCUT2D eigenvalue weighted by molar-refractivity contribution is -0.130. The Balaban J connectivity index is 1.57. The molecule has 0 aliphatic carbocycles. The molecule has 1 atom stereocenters. The highest BCUT2D eigenvalue weighted by Gasteiger charge is 2.44. The van der Waals surface area contributed by atoms with Crippen LogP contribution in [0, 0.1) is 0 Å². The maximum Gasteiger partial charge on any atom is 0.290 e. The molecule has 0 saturated carbocycles. The number of carbonyl (C=O) groups excluding carboxylic acids is 2. The van der Waals surface area contributed by atoms with Gasteiger partial charge in [0.2, 0.25) is 5.78 Å². The van der Waals surface area contributed by atoms with Gasteiger partial charge in [0.05, 0.1) is 18.7 Å². The van der Waals surface area contributed by atoms with Crippen LogP contribution < -0.4 is 4.74 Å². The zero-order chi connectivity index (χ0) is 26.3. The Bertz CT molecular complexity index is 1520. The predicted octanol–water partition coefficient (Wildman–Crippen LogP) is 7.00. The van der Waals surface area contributed by atoms with Gasteiger partial charge in [-0.25, -0.2) is 0 Å². The first-order valence-corrected chi connectivity index (χ1v) is 12.3. The molecule has 0 spiro atoms. The first-order chi connectivity index (χ1) is 17.8. The molecule has 3 aromatic carbocycles. The molecular formula is C30H26ClNO5. The molecule has 0 saturated heterocycles. The summed E-state index contributed by atoms with van der Waals surface area (Å²) in [5.41, 5.74) is 3.16. The van der Waals surface area contributed by atoms with Crippen molar-refractivity contribution < 1.29 is 23.8 Å². The van der Waals surface area contributed by atoms with E-state index in [4.69, 9.17) is 20.8 Å². The van der Waals surface area contributed by atoms with Crippen LogP contribution in [-0.4, -0.2) is 28.8 Å². The molecule has 0 fully saturated rings. The van der Waals surface area contributed by atoms with E-state index in [-0.39, 0.29) is 17.9 Å². The van der Waals surface area contributed by atoms with Gasteiger partial charge < -0.3 is 19.2 Å². The molecule has 4 aromatic rings. The van der Waals surface area contributed by atoms with Crippen molar-refractivity contribution in [3.05, 3.63) is 112 Å². The number of aliphatic hydroxyl groups excluding tert-OH is 1. The number of rotatable bonds is 7. The number of carbonyl (C=O) groups is 2. The number of ketones is 1. The lowest BCUT2D eigenvalue weighted by Crippen LogP contribution is -2.30. The minimum atomic E-state index is -0.792. The molecule has 188 valence electrons. The first-order valence-electron chi connectivity index (χ1n) is 12.0. The number of furan rings is 1. The highest BCUT2D eigenvalue weighted by Crippen LogP contribution is 2.41. The lowest BCUT2D eigenvalue weighted by atomic mass is 9.92. The summed E-state index contributed by atoms with van der Waals surface area (Å²) in [6.07, 6.45) is 0. The minimum absolute atomic E-state index is 0.0130. The molecule has 37 heavy (non-hydrogen) atoms. The normalized spacial score (nSPS) is 15.8. The Morgan fingerprint density at radius 1 is 1.05 bits per heavy atom. The molecule has 2 heterocycles. The average Bonchev–Trinajstić information content (AvgIpc) is 3.43. The van der Waals surface area contributed by atoms with Crippen LogP contribution in [0.1, 0.15) is 53.1 Å². The van der Waals surface area contributed by atoms with Crippen molar-refractivity contribution in [1.82, 2.24) is 4.90 Å². The SMILES string of the molecule is COc1ccc(CN2C(=O)C(O)=C(C(=O)c3cc4cc(Cl)ccc4o3)C2c2ccc(C(C)C)cc2)cc1. The third kappa shape index (κ3) is 4.60. The molecule has 5 rings (SSSR count). The van der Waals surface area contributed by atoms with Crippen LogP contribution in [0.4, 0.5) is 0 Å². The molecule has 1 aliphatic rings. The van der Waals surface area contributed by atoms with Gasteiger partial charge in [0.15, 0.2) is 11.5 Å². The quantitative estimate of drug-likeness (QED) is 0.268. The Kier molecular flexibility index (Phi) is 6.52. The molecule has 1 aliphatic heterocycles. The fourth-order valence-electron chi connectivity index (χ4n) is 4.64. The van der Waals surface area contributed by atoms with E-state index >= 15 is 0 Å². The summed E-state index contributed by atoms with van der Waals surface area (Å²) >= 11 is 6.10. The highest BCUT2D eigenvalue weighted by molar-refractivity contribution is 6.31. The van der Waals surface area contributed by atoms with Crippen LogP contribution in [0.5, 0.6) is 5.75 Å². The molecular weight excluding hydrogens is 490 g/mol. The van der Waals surface area contributed by atoms with E-state index < -0.39 is 23.5 Å². The van der Waals surface area contributed by atoms with Gasteiger partial charge in [-0.1, -0.05) is 61.8 Å². The van der Waals surface area contributed by atoms with E-state index in [1.165, 1.54) is 4.90 Å². The molecule has 1 N–H and O–H groups in total. The number of ether oxygens (including phenoxy) is 1. The second-order valence-corrected chi connectivity index (χ2v) is 9.83. The lowest BCUT2D eigenvalue weighted by Gasteiger charge is -2.27. The summed E-state index contributed by atoms with van der Waals surface area (Å²) in [6.45, 7) is 4.38. The summed E-state index contributed by atoms with van der Waals surface area (Å²) in [4.78, 5) is 28.6. The number of halogens is 1. The summed E-state index contributed by atoms with van der Waals surface area (Å²) in [5, 5.41) is 12.2. The van der Waals surface area contributed by atoms with E-state index in [0.29, 0.717) is 27.7 Å². The third-order valence-corrected chi connectivity index (χ3v) is 6.92. The number of Topliss-reactive ketones (excluding diaryl/α,β-unsaturated/α-hetero) is 1. The minimum Gasteiger partial charge on any atom is -0.503 e. The standard InChI is InChI=1S/C30H26ClNO5/c1-17(2)19-6-8-20(9-7-19)27-26(28(33)25-15-21-14-22(31)10-13-24(21)37-25)29(34)30(35)32(27)16-18-4-11-23(36-3)12-5-18/h4-15,17,27,34H,16H2,1-3H3. The molecule has 1 amide bonds. The zero-order valence-electron chi connectivity index (χ0n) is 20.7. The molecule has 1 aromatic heterocycles. The van der Waals surface area contributed by atoms with Gasteiger partial charge in [0.25, 0.3) is 5.91 Å². The van der Waals surface area contributed by atoms with Crippen LogP contribution in [-0.2, 0) is 11.3 Å². The van der Waals surface area contributed by atoms with Crippen LogP contribution in [0.25, 0.3) is 11.0 Å². The zero-order valence-corrected chi connectivity index (χ0v) is 21.5. The number of fused-ring (bicyclic) bond motifs is 1. The number of aliphatic hydroxyl groups is 1. The van der Waals surface area contributed by atoms with Crippen molar-refractivity contribution >= 4 is 34.3 Å². The van der Waals surface area contributed by atoms with E-state index in [9.17, 15) is 14.7 Å². The number of hydrogen-bond donors (Lipinski definition) is 1. The summed E-state index contributed by atoms with van der Waals surface area (Å²) in [7, 11) is 1.59. The van der Waals surface area contributed by atoms with Crippen molar-refractivity contribution in [2.75, 3.05) is 7.11 Å². The predicted molar refractivity (Wildman–Crippen MR) is 142 cm³/mol. The van der Waals surface area contributed by atoms with Crippen molar-refractivity contribution in [3.8, 4) is 5.75 Å². The smallest absolute Gasteiger partial charge is 0.290 e. The summed E-state index contributed by atoms with van der Waals surface area (Å²) < 4.78 is 11.0. The van der Waals surface area contributed by atoms with Gasteiger partial charge in [0, 0.05) is 17.0 Å². The van der Waals surface area contributed by atoms with Gasteiger partial charge >= 0.3 is 0 Å². The first kappa shape index (κ1) is 24.7. The van der Waals surface area contributed by atoms with Gasteiger partial charge in [0.1, 0.15) is 11.3 Å². The average molecular weight is 516 g/mol. The van der Waals surface area contributed by atoms with Gasteiger partial charge in [-0.05, 0) is 59.0 Å². The van der Waals surface area contributed by atoms with Crippen LogP contribution in [0.2, 0.25) is 5.02 Å². The van der Waals surface area contributed by atoms with E-state index in [1.54, 1.807) is 43.5 Å². The molecule has 7 heteroatoms. The van der Waals surface area contributed by atoms with Crippen molar-refractivity contribution in [2.24, 2.45) is 0 Å². The van der Waals surface area contributed by atoms with Crippen molar-refractivity contribution in [2.45, 2.75) is 32.4 Å². The number of nitrogens with zero attached hydrogens (tertiary/aromatic N) is 1. The number of methoxy groups -OCH3 is 1. The Labute approximate surface area is 219 Å². The summed E-state index contributed by atoms with van der Waals surface area (Å²) in [6, 6.07) is 20.9. The Morgan fingerprint density at radius 2 is 1.76 bits per heavy atom. The fraction of sp³-hybridized carbons (Fsp3) is 0.200. The number of amides is 1. The summed E-state index contributed by atoms with van der Waals surface area (Å²) in [5.74, 6) is -0.692. The molecule has 6 nitrogen and oxygen atoms in total. The second kappa shape index (κ2) is 9.79. The van der Waals surface area contributed by atoms with E-state index in [1.807, 2.05) is 36.4 Å². The largest absolute Gasteiger partial charge is 0.503 e. The van der Waals surface area contributed by atoms with Crippen LogP contribution in [0.3, 0.4) is 0 Å². The van der Waals surface area contributed by atoms with Crippen molar-refractivity contribution in [3.63, 3.8) is 0 Å². The van der Waals surface area contributed by atoms with Crippen LogP contribution in [0.15, 0.2) is 88.5 Å². The van der Waals surface area contributed by atoms with Crippen molar-refractivity contribution in [1.29, 1.82) is 0 Å². The van der Waals surface area contributed by atoms with Gasteiger partial charge in [-0.2, -0.15) is 0 Å². The topological polar surface area (TPSA) is 80.0 Å². The maximum absolute atomic E-state index is 13.8. The second-order valence-electron chi connectivity index (χ2n) is 9.39.